The Bertz CT molecular complexity index is 381. The maximum Gasteiger partial charge on any atom is 0.391 e. The Morgan fingerprint density at radius 1 is 1.28 bits per heavy atom. The van der Waals surface area contributed by atoms with Gasteiger partial charge in [0.25, 0.3) is 0 Å². The van der Waals surface area contributed by atoms with E-state index < -0.39 is 12.1 Å². The standard InChI is InChI=1S/C12H16F3N3/c13-12(14,15)9-3-5-18(6-4-9)8-11-2-1-10(16)7-17-11/h1-2,7,9H,3-6,8,16H2. The molecule has 0 aromatic carbocycles. The Balaban J connectivity index is 1.85. The van der Waals surface area contributed by atoms with Gasteiger partial charge in [0, 0.05) is 6.54 Å². The van der Waals surface area contributed by atoms with Gasteiger partial charge >= 0.3 is 6.18 Å². The first-order valence-electron chi connectivity index (χ1n) is 5.94. The highest BCUT2D eigenvalue weighted by Crippen LogP contribution is 2.34. The van der Waals surface area contributed by atoms with Gasteiger partial charge in [-0.15, -0.1) is 0 Å². The van der Waals surface area contributed by atoms with Crippen molar-refractivity contribution < 1.29 is 13.2 Å². The van der Waals surface area contributed by atoms with Crippen molar-refractivity contribution in [2.45, 2.75) is 25.6 Å². The van der Waals surface area contributed by atoms with Crippen LogP contribution in [-0.2, 0) is 6.54 Å². The van der Waals surface area contributed by atoms with Gasteiger partial charge in [-0.25, -0.2) is 0 Å². The van der Waals surface area contributed by atoms with Gasteiger partial charge in [0.1, 0.15) is 0 Å². The zero-order chi connectivity index (χ0) is 13.2. The molecule has 1 aromatic rings. The van der Waals surface area contributed by atoms with Crippen LogP contribution >= 0.6 is 0 Å². The van der Waals surface area contributed by atoms with Crippen LogP contribution in [0.2, 0.25) is 0 Å². The van der Waals surface area contributed by atoms with Crippen molar-refractivity contribution in [3.05, 3.63) is 24.0 Å². The second-order valence-corrected chi connectivity index (χ2v) is 4.67. The van der Waals surface area contributed by atoms with E-state index in [1.807, 2.05) is 11.0 Å². The fourth-order valence-corrected chi connectivity index (χ4v) is 2.18. The predicted molar refractivity (Wildman–Crippen MR) is 62.7 cm³/mol. The molecule has 6 heteroatoms. The lowest BCUT2D eigenvalue weighted by Gasteiger charge is -2.32. The predicted octanol–water partition coefficient (Wildman–Crippen LogP) is 2.44. The molecule has 3 nitrogen and oxygen atoms in total. The fourth-order valence-electron chi connectivity index (χ4n) is 2.18. The molecule has 2 heterocycles. The van der Waals surface area contributed by atoms with E-state index in [1.165, 1.54) is 0 Å². The summed E-state index contributed by atoms with van der Waals surface area (Å²) in [5, 5.41) is 0. The molecule has 100 valence electrons. The SMILES string of the molecule is Nc1ccc(CN2CCC(C(F)(F)F)CC2)nc1. The molecule has 1 aliphatic rings. The normalized spacial score (nSPS) is 19.1. The number of pyridine rings is 1. The fraction of sp³-hybridized carbons (Fsp3) is 0.583. The van der Waals surface area contributed by atoms with Crippen molar-refractivity contribution in [2.75, 3.05) is 18.8 Å². The molecule has 1 aromatic heterocycles. The summed E-state index contributed by atoms with van der Waals surface area (Å²) >= 11 is 0. The zero-order valence-electron chi connectivity index (χ0n) is 9.95. The lowest BCUT2D eigenvalue weighted by Crippen LogP contribution is -2.38. The van der Waals surface area contributed by atoms with Crippen LogP contribution in [0.25, 0.3) is 0 Å². The molecule has 1 saturated heterocycles. The second-order valence-electron chi connectivity index (χ2n) is 4.67. The van der Waals surface area contributed by atoms with Crippen molar-refractivity contribution in [1.29, 1.82) is 0 Å². The highest BCUT2D eigenvalue weighted by molar-refractivity contribution is 5.34. The lowest BCUT2D eigenvalue weighted by molar-refractivity contribution is -0.185. The summed E-state index contributed by atoms with van der Waals surface area (Å²) in [5.41, 5.74) is 6.96. The van der Waals surface area contributed by atoms with E-state index in [4.69, 9.17) is 5.73 Å². The molecular formula is C12H16F3N3. The number of hydrogen-bond donors (Lipinski definition) is 1. The van der Waals surface area contributed by atoms with Crippen LogP contribution in [0.5, 0.6) is 0 Å². The minimum Gasteiger partial charge on any atom is -0.397 e. The monoisotopic (exact) mass is 259 g/mol. The quantitative estimate of drug-likeness (QED) is 0.887. The van der Waals surface area contributed by atoms with E-state index in [0.29, 0.717) is 25.3 Å². The summed E-state index contributed by atoms with van der Waals surface area (Å²) in [4.78, 5) is 6.15. The molecular weight excluding hydrogens is 243 g/mol. The van der Waals surface area contributed by atoms with E-state index in [2.05, 4.69) is 4.98 Å². The van der Waals surface area contributed by atoms with Crippen LogP contribution < -0.4 is 5.73 Å². The summed E-state index contributed by atoms with van der Waals surface area (Å²) in [6.07, 6.45) is -2.12. The topological polar surface area (TPSA) is 42.1 Å². The zero-order valence-corrected chi connectivity index (χ0v) is 9.95. The molecule has 0 bridgehead atoms. The number of nitrogen functional groups attached to an aromatic ring is 1. The van der Waals surface area contributed by atoms with Crippen LogP contribution in [0.3, 0.4) is 0 Å². The van der Waals surface area contributed by atoms with Crippen molar-refractivity contribution in [3.63, 3.8) is 0 Å². The number of rotatable bonds is 2. The van der Waals surface area contributed by atoms with Crippen LogP contribution in [0.1, 0.15) is 18.5 Å². The van der Waals surface area contributed by atoms with Gasteiger partial charge in [0.15, 0.2) is 0 Å². The minimum absolute atomic E-state index is 0.179. The lowest BCUT2D eigenvalue weighted by atomic mass is 9.96. The Morgan fingerprint density at radius 2 is 1.94 bits per heavy atom. The molecule has 2 N–H and O–H groups in total. The van der Waals surface area contributed by atoms with E-state index in [-0.39, 0.29) is 12.8 Å². The Labute approximate surface area is 104 Å². The Hall–Kier alpha value is -1.30. The van der Waals surface area contributed by atoms with Gasteiger partial charge in [-0.1, -0.05) is 0 Å². The van der Waals surface area contributed by atoms with Crippen LogP contribution in [-0.4, -0.2) is 29.1 Å². The number of piperidine rings is 1. The van der Waals surface area contributed by atoms with Crippen molar-refractivity contribution >= 4 is 5.69 Å². The molecule has 0 atom stereocenters. The number of alkyl halides is 3. The molecule has 0 amide bonds. The average Bonchev–Trinajstić information content (AvgIpc) is 2.32. The molecule has 1 aliphatic heterocycles. The highest BCUT2D eigenvalue weighted by Gasteiger charge is 2.40. The van der Waals surface area contributed by atoms with E-state index in [1.54, 1.807) is 12.3 Å². The number of nitrogens with zero attached hydrogens (tertiary/aromatic N) is 2. The third-order valence-electron chi connectivity index (χ3n) is 3.28. The number of nitrogens with two attached hydrogens (primary N) is 1. The average molecular weight is 259 g/mol. The van der Waals surface area contributed by atoms with Gasteiger partial charge in [-0.05, 0) is 38.1 Å². The number of aromatic nitrogens is 1. The third-order valence-corrected chi connectivity index (χ3v) is 3.28. The molecule has 0 radical (unpaired) electrons. The molecule has 18 heavy (non-hydrogen) atoms. The molecule has 1 fully saturated rings. The van der Waals surface area contributed by atoms with Gasteiger partial charge in [-0.2, -0.15) is 13.2 Å². The smallest absolute Gasteiger partial charge is 0.391 e. The largest absolute Gasteiger partial charge is 0.397 e. The summed E-state index contributed by atoms with van der Waals surface area (Å²) in [6.45, 7) is 1.53. The maximum atomic E-state index is 12.5. The molecule has 0 aliphatic carbocycles. The number of hydrogen-bond acceptors (Lipinski definition) is 3. The second kappa shape index (κ2) is 5.14. The maximum absolute atomic E-state index is 12.5. The van der Waals surface area contributed by atoms with Crippen molar-refractivity contribution in [3.8, 4) is 0 Å². The molecule has 0 spiro atoms. The van der Waals surface area contributed by atoms with Crippen molar-refractivity contribution in [1.82, 2.24) is 9.88 Å². The number of anilines is 1. The first-order chi connectivity index (χ1) is 8.45. The highest BCUT2D eigenvalue weighted by atomic mass is 19.4. The third kappa shape index (κ3) is 3.35. The van der Waals surface area contributed by atoms with Gasteiger partial charge in [0.05, 0.1) is 23.5 Å². The summed E-state index contributed by atoms with van der Waals surface area (Å²) in [5.74, 6) is -1.15. The molecule has 0 saturated carbocycles. The van der Waals surface area contributed by atoms with E-state index >= 15 is 0 Å². The molecule has 0 unspecified atom stereocenters. The van der Waals surface area contributed by atoms with Gasteiger partial charge in [0.2, 0.25) is 0 Å². The summed E-state index contributed by atoms with van der Waals surface area (Å²) in [7, 11) is 0. The number of halogens is 3. The van der Waals surface area contributed by atoms with E-state index in [9.17, 15) is 13.2 Å². The summed E-state index contributed by atoms with van der Waals surface area (Å²) in [6, 6.07) is 3.57. The van der Waals surface area contributed by atoms with E-state index in [0.717, 1.165) is 5.69 Å². The number of likely N-dealkylation sites (tertiary alicyclic amines) is 1. The van der Waals surface area contributed by atoms with Crippen LogP contribution in [0.4, 0.5) is 18.9 Å². The molecule has 2 rings (SSSR count). The van der Waals surface area contributed by atoms with Crippen LogP contribution in [0, 0.1) is 5.92 Å². The first-order valence-corrected chi connectivity index (χ1v) is 5.94. The van der Waals surface area contributed by atoms with Crippen molar-refractivity contribution in [2.24, 2.45) is 5.92 Å². The van der Waals surface area contributed by atoms with Crippen LogP contribution in [0.15, 0.2) is 18.3 Å². The minimum atomic E-state index is -4.05. The Kier molecular flexibility index (Phi) is 3.75. The summed E-state index contributed by atoms with van der Waals surface area (Å²) < 4.78 is 37.5. The first kappa shape index (κ1) is 13.1. The Morgan fingerprint density at radius 3 is 2.44 bits per heavy atom. The van der Waals surface area contributed by atoms with Gasteiger partial charge in [-0.3, -0.25) is 9.88 Å². The van der Waals surface area contributed by atoms with Gasteiger partial charge < -0.3 is 5.73 Å².